The summed E-state index contributed by atoms with van der Waals surface area (Å²) in [5.41, 5.74) is 1.59. The molecule has 0 aromatic heterocycles. The maximum atomic E-state index is 12.5. The molecule has 5 amide bonds. The molecule has 12 N–H and O–H groups in total. The summed E-state index contributed by atoms with van der Waals surface area (Å²) >= 11 is 0. The summed E-state index contributed by atoms with van der Waals surface area (Å²) in [6.45, 7) is -0.682. The second-order valence-corrected chi connectivity index (χ2v) is 11.3. The number of carbonyl (C=O) groups excluding carboxylic acids is 3. The summed E-state index contributed by atoms with van der Waals surface area (Å²) in [5.74, 6) is -7.46. The number of hydrogen-bond donors (Lipinski definition) is 12. The Labute approximate surface area is 295 Å². The van der Waals surface area contributed by atoms with Crippen LogP contribution in [0.2, 0.25) is 0 Å². The molecule has 2 unspecified atom stereocenters. The Hall–Kier alpha value is -6.28. The van der Waals surface area contributed by atoms with Gasteiger partial charge in [-0.1, -0.05) is 24.3 Å². The van der Waals surface area contributed by atoms with Gasteiger partial charge in [-0.3, -0.25) is 19.7 Å². The van der Waals surface area contributed by atoms with Crippen molar-refractivity contribution in [2.45, 2.75) is 62.7 Å². The maximum Gasteiger partial charge on any atom is 0.326 e. The second kappa shape index (κ2) is 21.1. The molecule has 20 heteroatoms. The fourth-order valence-corrected chi connectivity index (χ4v) is 4.57. The fourth-order valence-electron chi connectivity index (χ4n) is 4.57. The summed E-state index contributed by atoms with van der Waals surface area (Å²) < 4.78 is 0. The Balaban J connectivity index is 1.90. The van der Waals surface area contributed by atoms with E-state index in [-0.39, 0.29) is 32.3 Å². The van der Waals surface area contributed by atoms with Crippen LogP contribution in [0, 0.1) is 0 Å². The Bertz CT molecular complexity index is 1580. The number of nitrogens with one attached hydrogen (secondary N) is 6. The molecule has 0 spiro atoms. The molecule has 0 saturated carbocycles. The molecule has 0 aliphatic carbocycles. The first-order valence-electron chi connectivity index (χ1n) is 15.7. The molecule has 0 aliphatic rings. The van der Waals surface area contributed by atoms with Gasteiger partial charge in [0.1, 0.15) is 24.2 Å². The molecule has 282 valence electrons. The van der Waals surface area contributed by atoms with Gasteiger partial charge in [-0.15, -0.1) is 0 Å². The highest BCUT2D eigenvalue weighted by Gasteiger charge is 2.26. The minimum atomic E-state index is -1.55. The average Bonchev–Trinajstić information content (AvgIpc) is 3.07. The van der Waals surface area contributed by atoms with Gasteiger partial charge in [-0.05, 0) is 54.7 Å². The topological polar surface area (TPSA) is 330 Å². The molecule has 0 heterocycles. The summed E-state index contributed by atoms with van der Waals surface area (Å²) in [5, 5.41) is 69.3. The van der Waals surface area contributed by atoms with Crippen molar-refractivity contribution >= 4 is 59.2 Å². The quantitative estimate of drug-likeness (QED) is 0.0750. The number of aliphatic carboxylic acids is 5. The van der Waals surface area contributed by atoms with Gasteiger partial charge in [0.05, 0.1) is 6.54 Å². The van der Waals surface area contributed by atoms with Crippen LogP contribution in [0.4, 0.5) is 21.0 Å². The molecule has 52 heavy (non-hydrogen) atoms. The summed E-state index contributed by atoms with van der Waals surface area (Å²) in [6.07, 6.45) is -1.01. The lowest BCUT2D eigenvalue weighted by Crippen LogP contribution is -2.51. The number of benzene rings is 2. The van der Waals surface area contributed by atoms with Gasteiger partial charge in [0.25, 0.3) is 0 Å². The highest BCUT2D eigenvalue weighted by atomic mass is 16.4. The Morgan fingerprint density at radius 3 is 1.40 bits per heavy atom. The minimum absolute atomic E-state index is 0.0728. The third-order valence-corrected chi connectivity index (χ3v) is 7.25. The van der Waals surface area contributed by atoms with Crippen LogP contribution < -0.4 is 31.9 Å². The first-order valence-corrected chi connectivity index (χ1v) is 15.7. The molecule has 0 aliphatic heterocycles. The number of amides is 5. The van der Waals surface area contributed by atoms with E-state index in [0.717, 1.165) is 0 Å². The first kappa shape index (κ1) is 41.9. The molecular weight excluding hydrogens is 692 g/mol. The van der Waals surface area contributed by atoms with Crippen LogP contribution in [0.15, 0.2) is 48.5 Å². The molecule has 2 aromatic rings. The van der Waals surface area contributed by atoms with Crippen LogP contribution in [0.5, 0.6) is 0 Å². The zero-order valence-corrected chi connectivity index (χ0v) is 27.5. The number of aliphatic hydroxyl groups excluding tert-OH is 1. The molecule has 0 fully saturated rings. The lowest BCUT2D eigenvalue weighted by atomic mass is 10.1. The number of carbonyl (C=O) groups is 8. The molecule has 0 saturated heterocycles. The number of hydrogen-bond acceptors (Lipinski definition) is 10. The highest BCUT2D eigenvalue weighted by molar-refractivity contribution is 5.99. The van der Waals surface area contributed by atoms with Gasteiger partial charge in [-0.2, -0.15) is 0 Å². The van der Waals surface area contributed by atoms with Gasteiger partial charge in [0.15, 0.2) is 0 Å². The van der Waals surface area contributed by atoms with Gasteiger partial charge < -0.3 is 57.2 Å². The van der Waals surface area contributed by atoms with E-state index >= 15 is 0 Å². The van der Waals surface area contributed by atoms with Crippen LogP contribution in [-0.2, 0) is 41.6 Å². The Kier molecular flexibility index (Phi) is 17.0. The zero-order chi connectivity index (χ0) is 38.8. The predicted octanol–water partition coefficient (Wildman–Crippen LogP) is -0.129. The first-order chi connectivity index (χ1) is 24.6. The van der Waals surface area contributed by atoms with Crippen molar-refractivity contribution in [3.8, 4) is 0 Å². The van der Waals surface area contributed by atoms with Crippen molar-refractivity contribution in [1.29, 1.82) is 0 Å². The van der Waals surface area contributed by atoms with E-state index < -0.39 is 91.4 Å². The smallest absolute Gasteiger partial charge is 0.326 e. The second-order valence-electron chi connectivity index (χ2n) is 11.3. The van der Waals surface area contributed by atoms with Crippen LogP contribution in [0.25, 0.3) is 0 Å². The van der Waals surface area contributed by atoms with Crippen LogP contribution in [-0.4, -0.2) is 116 Å². The van der Waals surface area contributed by atoms with Crippen molar-refractivity contribution in [2.75, 3.05) is 23.8 Å². The lowest BCUT2D eigenvalue weighted by molar-refractivity contribution is -0.142. The van der Waals surface area contributed by atoms with Crippen LogP contribution in [0.3, 0.4) is 0 Å². The maximum absolute atomic E-state index is 12.5. The van der Waals surface area contributed by atoms with Gasteiger partial charge in [0, 0.05) is 37.2 Å². The number of aliphatic hydroxyl groups is 1. The van der Waals surface area contributed by atoms with E-state index in [9.17, 15) is 58.8 Å². The molecule has 2 aromatic carbocycles. The van der Waals surface area contributed by atoms with Gasteiger partial charge >= 0.3 is 41.9 Å². The number of carboxylic acids is 5. The molecule has 2 rings (SSSR count). The third kappa shape index (κ3) is 15.5. The van der Waals surface area contributed by atoms with Crippen LogP contribution >= 0.6 is 0 Å². The van der Waals surface area contributed by atoms with Gasteiger partial charge in [0.2, 0.25) is 5.91 Å². The highest BCUT2D eigenvalue weighted by Crippen LogP contribution is 2.15. The van der Waals surface area contributed by atoms with Crippen molar-refractivity contribution in [3.05, 3.63) is 59.7 Å². The van der Waals surface area contributed by atoms with Crippen molar-refractivity contribution in [3.63, 3.8) is 0 Å². The van der Waals surface area contributed by atoms with Crippen molar-refractivity contribution in [2.24, 2.45) is 0 Å². The predicted molar refractivity (Wildman–Crippen MR) is 180 cm³/mol. The molecule has 0 radical (unpaired) electrons. The number of urea groups is 2. The standard InChI is InChI=1S/C32H40N6O14/c39-13-1-2-21(27(43)44)33-16-25(40)36-23(29(47)48)14-17-3-7-19(8-4-17)34-31(51)35-20-9-5-18(6-10-20)15-24(30(49)50)38-32(52)37-22(28(45)46)11-12-26(41)42/h3-10,21-24,33,39H,1-2,11-16H2,(H,36,40)(H,41,42)(H,43,44)(H,45,46)(H,47,48)(H,49,50)(H2,34,35,51)(H2,37,38,52)/t21-,22?,23?,24-/m0/s1. The Morgan fingerprint density at radius 2 is 0.981 bits per heavy atom. The molecular formula is C32H40N6O14. The van der Waals surface area contributed by atoms with E-state index in [1.54, 1.807) is 0 Å². The number of rotatable bonds is 22. The van der Waals surface area contributed by atoms with Gasteiger partial charge in [-0.25, -0.2) is 24.0 Å². The van der Waals surface area contributed by atoms with E-state index in [0.29, 0.717) is 22.5 Å². The monoisotopic (exact) mass is 732 g/mol. The zero-order valence-electron chi connectivity index (χ0n) is 27.5. The third-order valence-electron chi connectivity index (χ3n) is 7.25. The minimum Gasteiger partial charge on any atom is -0.481 e. The van der Waals surface area contributed by atoms with Crippen molar-refractivity contribution in [1.82, 2.24) is 21.3 Å². The van der Waals surface area contributed by atoms with E-state index in [2.05, 4.69) is 26.6 Å². The molecule has 4 atom stereocenters. The van der Waals surface area contributed by atoms with E-state index in [1.807, 2.05) is 5.32 Å². The SMILES string of the molecule is O=C(O)CCC(NC(=O)N[C@@H](Cc1ccc(NC(=O)Nc2ccc(CC(NC(=O)CN[C@@H](CCCO)C(=O)O)C(=O)O)cc2)cc1)C(=O)O)C(=O)O. The fraction of sp³-hybridized carbons (Fsp3) is 0.375. The molecule has 20 nitrogen and oxygen atoms in total. The van der Waals surface area contributed by atoms with Crippen LogP contribution in [0.1, 0.15) is 36.8 Å². The Morgan fingerprint density at radius 1 is 0.538 bits per heavy atom. The number of carboxylic acid groups (broad SMARTS) is 5. The average molecular weight is 733 g/mol. The van der Waals surface area contributed by atoms with E-state index in [4.69, 9.17) is 10.2 Å². The summed E-state index contributed by atoms with van der Waals surface area (Å²) in [6, 6.07) is 4.75. The largest absolute Gasteiger partial charge is 0.481 e. The lowest BCUT2D eigenvalue weighted by Gasteiger charge is -2.18. The normalized spacial score (nSPS) is 12.9. The molecule has 0 bridgehead atoms. The van der Waals surface area contributed by atoms with Crippen molar-refractivity contribution < 1.29 is 69.0 Å². The summed E-state index contributed by atoms with van der Waals surface area (Å²) in [4.78, 5) is 93.8. The number of anilines is 2. The van der Waals surface area contributed by atoms with E-state index in [1.165, 1.54) is 48.5 Å². The summed E-state index contributed by atoms with van der Waals surface area (Å²) in [7, 11) is 0.